The van der Waals surface area contributed by atoms with Crippen molar-refractivity contribution < 1.29 is 19.0 Å². The minimum atomic E-state index is -0.192. The molecule has 0 spiro atoms. The predicted molar refractivity (Wildman–Crippen MR) is 101 cm³/mol. The van der Waals surface area contributed by atoms with Gasteiger partial charge in [-0.2, -0.15) is 0 Å². The first-order valence-electron chi connectivity index (χ1n) is 8.40. The van der Waals surface area contributed by atoms with Crippen molar-refractivity contribution >= 4 is 16.7 Å². The van der Waals surface area contributed by atoms with Crippen LogP contribution >= 0.6 is 0 Å². The van der Waals surface area contributed by atoms with Crippen LogP contribution in [0.25, 0.3) is 10.8 Å². The molecule has 0 heterocycles. The summed E-state index contributed by atoms with van der Waals surface area (Å²) >= 11 is 0. The number of methoxy groups -OCH3 is 1. The van der Waals surface area contributed by atoms with Gasteiger partial charge >= 0.3 is 0 Å². The monoisotopic (exact) mass is 351 g/mol. The summed E-state index contributed by atoms with van der Waals surface area (Å²) in [5.74, 6) is 1.95. The van der Waals surface area contributed by atoms with Gasteiger partial charge in [-0.15, -0.1) is 0 Å². The molecule has 0 unspecified atom stereocenters. The summed E-state index contributed by atoms with van der Waals surface area (Å²) in [4.78, 5) is 11.8. The lowest BCUT2D eigenvalue weighted by Crippen LogP contribution is -2.32. The Balaban J connectivity index is 1.37. The van der Waals surface area contributed by atoms with Crippen LogP contribution in [0.3, 0.4) is 0 Å². The third-order valence-electron chi connectivity index (χ3n) is 3.84. The second-order valence-corrected chi connectivity index (χ2v) is 5.67. The topological polar surface area (TPSA) is 56.8 Å². The minimum absolute atomic E-state index is 0.0394. The molecule has 5 nitrogen and oxygen atoms in total. The van der Waals surface area contributed by atoms with Crippen molar-refractivity contribution in [3.8, 4) is 17.2 Å². The molecule has 3 rings (SSSR count). The molecule has 0 aliphatic rings. The zero-order chi connectivity index (χ0) is 18.2. The molecule has 3 aromatic carbocycles. The van der Waals surface area contributed by atoms with Gasteiger partial charge in [0.05, 0.1) is 13.7 Å². The Morgan fingerprint density at radius 3 is 2.31 bits per heavy atom. The highest BCUT2D eigenvalue weighted by Crippen LogP contribution is 2.20. The predicted octanol–water partition coefficient (Wildman–Crippen LogP) is 3.42. The number of nitrogens with one attached hydrogen (secondary N) is 1. The van der Waals surface area contributed by atoms with Crippen molar-refractivity contribution in [2.24, 2.45) is 0 Å². The highest BCUT2D eigenvalue weighted by molar-refractivity contribution is 5.83. The van der Waals surface area contributed by atoms with Gasteiger partial charge in [0.1, 0.15) is 23.9 Å². The quantitative estimate of drug-likeness (QED) is 0.632. The van der Waals surface area contributed by atoms with Gasteiger partial charge in [0.15, 0.2) is 6.61 Å². The molecule has 1 N–H and O–H groups in total. The molecule has 134 valence electrons. The molecular formula is C21H21NO4. The fourth-order valence-corrected chi connectivity index (χ4v) is 2.49. The van der Waals surface area contributed by atoms with Crippen LogP contribution < -0.4 is 19.5 Å². The molecule has 0 bridgehead atoms. The number of ether oxygens (including phenoxy) is 3. The second kappa shape index (κ2) is 8.76. The summed E-state index contributed by atoms with van der Waals surface area (Å²) < 4.78 is 16.2. The summed E-state index contributed by atoms with van der Waals surface area (Å²) in [6, 6.07) is 21.1. The van der Waals surface area contributed by atoms with E-state index in [-0.39, 0.29) is 12.5 Å². The fraction of sp³-hybridized carbons (Fsp3) is 0.190. The Kier molecular flexibility index (Phi) is 5.93. The number of carbonyl (C=O) groups is 1. The first-order valence-corrected chi connectivity index (χ1v) is 8.40. The summed E-state index contributed by atoms with van der Waals surface area (Å²) in [6.45, 7) is 0.770. The summed E-state index contributed by atoms with van der Waals surface area (Å²) in [5.41, 5.74) is 0. The van der Waals surface area contributed by atoms with Gasteiger partial charge in [0, 0.05) is 0 Å². The van der Waals surface area contributed by atoms with Crippen LogP contribution in [0.15, 0.2) is 66.7 Å². The standard InChI is InChI=1S/C21H21NO4/c1-24-18-8-10-19(11-9-18)26-15-21(23)22-12-13-25-20-7-6-16-4-2-3-5-17(16)14-20/h2-11,14H,12-13,15H2,1H3,(H,22,23). The first kappa shape index (κ1) is 17.6. The fourth-order valence-electron chi connectivity index (χ4n) is 2.49. The number of benzene rings is 3. The highest BCUT2D eigenvalue weighted by atomic mass is 16.5. The molecule has 26 heavy (non-hydrogen) atoms. The number of carbonyl (C=O) groups excluding carboxylic acids is 1. The Morgan fingerprint density at radius 2 is 1.54 bits per heavy atom. The van der Waals surface area contributed by atoms with Crippen LogP contribution in [-0.4, -0.2) is 32.8 Å². The Morgan fingerprint density at radius 1 is 0.846 bits per heavy atom. The molecule has 3 aromatic rings. The van der Waals surface area contributed by atoms with Gasteiger partial charge < -0.3 is 19.5 Å². The van der Waals surface area contributed by atoms with Gasteiger partial charge in [-0.3, -0.25) is 4.79 Å². The Bertz CT molecular complexity index is 861. The maximum atomic E-state index is 11.8. The molecule has 0 saturated heterocycles. The van der Waals surface area contributed by atoms with Crippen LogP contribution in [0.1, 0.15) is 0 Å². The van der Waals surface area contributed by atoms with Gasteiger partial charge in [-0.1, -0.05) is 30.3 Å². The average Bonchev–Trinajstić information content (AvgIpc) is 2.70. The maximum Gasteiger partial charge on any atom is 0.258 e. The number of hydrogen-bond donors (Lipinski definition) is 1. The van der Waals surface area contributed by atoms with E-state index < -0.39 is 0 Å². The van der Waals surface area contributed by atoms with E-state index in [1.807, 2.05) is 36.4 Å². The molecule has 0 radical (unpaired) electrons. The van der Waals surface area contributed by atoms with Crippen molar-refractivity contribution in [2.45, 2.75) is 0 Å². The summed E-state index contributed by atoms with van der Waals surface area (Å²) in [5, 5.41) is 5.07. The van der Waals surface area contributed by atoms with Crippen LogP contribution in [0.5, 0.6) is 17.2 Å². The third kappa shape index (κ3) is 4.89. The van der Waals surface area contributed by atoms with Crippen LogP contribution in [0.4, 0.5) is 0 Å². The number of fused-ring (bicyclic) bond motifs is 1. The molecule has 0 atom stereocenters. The first-order chi connectivity index (χ1) is 12.7. The maximum absolute atomic E-state index is 11.8. The SMILES string of the molecule is COc1ccc(OCC(=O)NCCOc2ccc3ccccc3c2)cc1. The van der Waals surface area contributed by atoms with E-state index in [2.05, 4.69) is 11.4 Å². The van der Waals surface area contributed by atoms with Gasteiger partial charge in [-0.25, -0.2) is 0 Å². The van der Waals surface area contributed by atoms with Crippen molar-refractivity contribution in [1.82, 2.24) is 5.32 Å². The van der Waals surface area contributed by atoms with Crippen molar-refractivity contribution in [1.29, 1.82) is 0 Å². The van der Waals surface area contributed by atoms with Crippen LogP contribution in [0.2, 0.25) is 0 Å². The number of rotatable bonds is 8. The molecule has 5 heteroatoms. The van der Waals surface area contributed by atoms with E-state index >= 15 is 0 Å². The molecular weight excluding hydrogens is 330 g/mol. The Labute approximate surface area is 152 Å². The highest BCUT2D eigenvalue weighted by Gasteiger charge is 2.03. The van der Waals surface area contributed by atoms with Crippen molar-refractivity contribution in [2.75, 3.05) is 26.9 Å². The molecule has 0 aliphatic carbocycles. The van der Waals surface area contributed by atoms with Gasteiger partial charge in [0.25, 0.3) is 5.91 Å². The molecule has 0 fully saturated rings. The zero-order valence-corrected chi connectivity index (χ0v) is 14.6. The van der Waals surface area contributed by atoms with Crippen molar-refractivity contribution in [3.63, 3.8) is 0 Å². The van der Waals surface area contributed by atoms with E-state index in [1.54, 1.807) is 31.4 Å². The smallest absolute Gasteiger partial charge is 0.258 e. The number of amides is 1. The molecule has 0 aliphatic heterocycles. The summed E-state index contributed by atoms with van der Waals surface area (Å²) in [7, 11) is 1.60. The molecule has 0 saturated carbocycles. The lowest BCUT2D eigenvalue weighted by atomic mass is 10.1. The van der Waals surface area contributed by atoms with E-state index in [0.717, 1.165) is 16.9 Å². The molecule has 1 amide bonds. The normalized spacial score (nSPS) is 10.3. The lowest BCUT2D eigenvalue weighted by Gasteiger charge is -2.10. The van der Waals surface area contributed by atoms with Crippen molar-refractivity contribution in [3.05, 3.63) is 66.7 Å². The largest absolute Gasteiger partial charge is 0.497 e. The van der Waals surface area contributed by atoms with Crippen LogP contribution in [-0.2, 0) is 4.79 Å². The van der Waals surface area contributed by atoms with E-state index in [4.69, 9.17) is 14.2 Å². The minimum Gasteiger partial charge on any atom is -0.497 e. The Hall–Kier alpha value is -3.21. The third-order valence-corrected chi connectivity index (χ3v) is 3.84. The second-order valence-electron chi connectivity index (χ2n) is 5.67. The van der Waals surface area contributed by atoms with Crippen LogP contribution in [0, 0.1) is 0 Å². The van der Waals surface area contributed by atoms with E-state index in [1.165, 1.54) is 5.39 Å². The lowest BCUT2D eigenvalue weighted by molar-refractivity contribution is -0.123. The van der Waals surface area contributed by atoms with Gasteiger partial charge in [0.2, 0.25) is 0 Å². The number of hydrogen-bond acceptors (Lipinski definition) is 4. The average molecular weight is 351 g/mol. The van der Waals surface area contributed by atoms with Gasteiger partial charge in [-0.05, 0) is 47.2 Å². The van der Waals surface area contributed by atoms with E-state index in [0.29, 0.717) is 18.9 Å². The molecule has 0 aromatic heterocycles. The summed E-state index contributed by atoms with van der Waals surface area (Å²) in [6.07, 6.45) is 0. The van der Waals surface area contributed by atoms with E-state index in [9.17, 15) is 4.79 Å². The zero-order valence-electron chi connectivity index (χ0n) is 14.6.